The summed E-state index contributed by atoms with van der Waals surface area (Å²) in [6.07, 6.45) is -6.52. The van der Waals surface area contributed by atoms with Crippen molar-refractivity contribution in [1.82, 2.24) is 30.4 Å². The Morgan fingerprint density at radius 1 is 0.701 bits per heavy atom. The number of benzene rings is 2. The van der Waals surface area contributed by atoms with Crippen LogP contribution in [0.15, 0.2) is 48.5 Å². The third kappa shape index (κ3) is 11.9. The molecule has 8 rings (SSSR count). The molecule has 6 N–H and O–H groups in total. The van der Waals surface area contributed by atoms with Crippen LogP contribution in [0.5, 0.6) is 11.5 Å². The summed E-state index contributed by atoms with van der Waals surface area (Å²) >= 11 is 0. The second kappa shape index (κ2) is 23.2. The van der Waals surface area contributed by atoms with E-state index < -0.39 is 115 Å². The van der Waals surface area contributed by atoms with E-state index in [2.05, 4.69) is 20.6 Å². The van der Waals surface area contributed by atoms with E-state index in [1.165, 1.54) is 26.4 Å². The topological polar surface area (TPSA) is 268 Å². The summed E-state index contributed by atoms with van der Waals surface area (Å²) < 4.78 is 105. The Bertz CT molecular complexity index is 2940. The number of rotatable bonds is 15. The standard InChI is InChI=1S/C26H31F3N4O6.C26H29F3N4O5/c1-38-21-9-5-7-16-15(21)11-18(31-16)24(37)33-13-25(39-2,26(27,28)29)12-19(33)23(36)32-17(22(30)35)10-14-6-3-4-8-20(14)34;1-37-22-9-5-7-18-17(22)11-19(32-18)24(36)33-14-25(38-2,26(27,28)29)12-20(33)23(35)31-16(13-30)10-15-6-3-4-8-21(15)34/h5,7,9,11,14,17,19,31H,3-4,6,8,10,12-13H2,1-2H3,(H2,30,35)(H,32,36);5,7,9,11,15-16,20,32H,3-4,6,8,10,12,14H2,1-2H3,(H,31,35)/t14-,17-,19-,25-;15-,16-,20-,25-/m00/s1. The van der Waals surface area contributed by atoms with Gasteiger partial charge in [-0.15, -0.1) is 0 Å². The number of alkyl halides is 6. The number of ketones is 2. The first-order valence-electron chi connectivity index (χ1n) is 25.0. The second-order valence-corrected chi connectivity index (χ2v) is 19.9. The number of Topliss-reactive ketones (excluding diaryl/α,β-unsaturated/α-hetero) is 2. The predicted molar refractivity (Wildman–Crippen MR) is 262 cm³/mol. The number of halogens is 6. The van der Waals surface area contributed by atoms with E-state index in [0.717, 1.165) is 49.7 Å². The zero-order valence-electron chi connectivity index (χ0n) is 42.7. The number of H-pyrrole nitrogens is 2. The SMILES string of the molecule is COc1cccc2[nH]c(C(=O)N3C[C@](OC)(C(F)(F)F)C[C@H]3C(=O)N[C@@H](C[C@@H]3CCCCC3=O)C(N)=O)cc12.COc1cccc2[nH]c(C(=O)N3C[C@](OC)(C(F)(F)F)C[C@H]3C(=O)N[C@H](C#N)C[C@@H]3CCCCC3=O)cc12. The molecule has 2 aliphatic carbocycles. The molecule has 0 bridgehead atoms. The quantitative estimate of drug-likeness (QED) is 0.0865. The summed E-state index contributed by atoms with van der Waals surface area (Å²) in [5.41, 5.74) is 0.867. The van der Waals surface area contributed by atoms with Crippen molar-refractivity contribution in [1.29, 1.82) is 5.26 Å². The van der Waals surface area contributed by atoms with Crippen molar-refractivity contribution in [2.75, 3.05) is 41.5 Å². The van der Waals surface area contributed by atoms with Gasteiger partial charge in [-0.2, -0.15) is 31.6 Å². The van der Waals surface area contributed by atoms with Crippen LogP contribution in [0.3, 0.4) is 0 Å². The molecule has 2 aromatic carbocycles. The van der Waals surface area contributed by atoms with Crippen LogP contribution in [-0.2, 0) is 33.4 Å². The largest absolute Gasteiger partial charge is 0.496 e. The fraction of sp³-hybridized carbons (Fsp3) is 0.538. The third-order valence-electron chi connectivity index (χ3n) is 15.3. The van der Waals surface area contributed by atoms with Crippen molar-refractivity contribution in [3.8, 4) is 17.6 Å². The number of aromatic nitrogens is 2. The van der Waals surface area contributed by atoms with Gasteiger partial charge in [-0.3, -0.25) is 33.6 Å². The number of primary amides is 1. The lowest BCUT2D eigenvalue weighted by Gasteiger charge is -2.29. The number of amides is 5. The molecular weight excluding hydrogens is 1030 g/mol. The Balaban J connectivity index is 0.000000224. The monoisotopic (exact) mass is 1090 g/mol. The van der Waals surface area contributed by atoms with Gasteiger partial charge >= 0.3 is 12.4 Å². The fourth-order valence-corrected chi connectivity index (χ4v) is 10.8. The number of nitriles is 1. The van der Waals surface area contributed by atoms with E-state index in [0.29, 0.717) is 59.0 Å². The number of nitrogens with two attached hydrogens (primary N) is 1. The molecule has 2 saturated heterocycles. The normalized spacial score (nSPS) is 24.6. The number of hydrogen-bond donors (Lipinski definition) is 5. The number of nitrogens with one attached hydrogen (secondary N) is 4. The van der Waals surface area contributed by atoms with Gasteiger partial charge in [0.15, 0.2) is 11.2 Å². The Kier molecular flexibility index (Phi) is 17.3. The number of hydrogen-bond acceptors (Lipinski definition) is 12. The summed E-state index contributed by atoms with van der Waals surface area (Å²) in [5.74, 6) is -4.55. The van der Waals surface area contributed by atoms with E-state index in [4.69, 9.17) is 24.7 Å². The number of fused-ring (bicyclic) bond motifs is 2. The van der Waals surface area contributed by atoms with Gasteiger partial charge in [0.2, 0.25) is 17.7 Å². The molecule has 4 fully saturated rings. The minimum absolute atomic E-state index is 0.00753. The number of carbonyl (C=O) groups excluding carboxylic acids is 7. The van der Waals surface area contributed by atoms with Crippen molar-refractivity contribution in [3.05, 3.63) is 59.9 Å². The maximum Gasteiger partial charge on any atom is 0.419 e. The maximum absolute atomic E-state index is 14.2. The molecule has 5 amide bonds. The maximum atomic E-state index is 14.2. The van der Waals surface area contributed by atoms with Gasteiger partial charge in [0, 0.05) is 73.5 Å². The highest BCUT2D eigenvalue weighted by molar-refractivity contribution is 6.03. The number of aromatic amines is 2. The molecule has 4 aliphatic rings. The van der Waals surface area contributed by atoms with Crippen molar-refractivity contribution in [2.24, 2.45) is 17.6 Å². The van der Waals surface area contributed by atoms with Gasteiger partial charge in [-0.05, 0) is 74.9 Å². The first-order valence-corrected chi connectivity index (χ1v) is 25.0. The van der Waals surface area contributed by atoms with Crippen LogP contribution in [0, 0.1) is 23.2 Å². The highest BCUT2D eigenvalue weighted by Crippen LogP contribution is 2.45. The van der Waals surface area contributed by atoms with Gasteiger partial charge < -0.3 is 55.1 Å². The minimum atomic E-state index is -4.91. The van der Waals surface area contributed by atoms with E-state index in [-0.39, 0.29) is 35.8 Å². The zero-order chi connectivity index (χ0) is 56.2. The second-order valence-electron chi connectivity index (χ2n) is 19.9. The summed E-state index contributed by atoms with van der Waals surface area (Å²) in [6.45, 7) is -1.85. The average molecular weight is 1090 g/mol. The lowest BCUT2D eigenvalue weighted by molar-refractivity contribution is -0.263. The van der Waals surface area contributed by atoms with E-state index in [1.807, 2.05) is 6.07 Å². The Hall–Kier alpha value is -7.20. The van der Waals surface area contributed by atoms with Crippen molar-refractivity contribution in [3.63, 3.8) is 0 Å². The smallest absolute Gasteiger partial charge is 0.419 e. The summed E-state index contributed by atoms with van der Waals surface area (Å²) in [6, 6.07) is 9.32. The number of likely N-dealkylation sites (tertiary alicyclic amines) is 2. The number of nitrogens with zero attached hydrogens (tertiary/aromatic N) is 3. The molecule has 0 radical (unpaired) electrons. The highest BCUT2D eigenvalue weighted by Gasteiger charge is 2.65. The summed E-state index contributed by atoms with van der Waals surface area (Å²) in [4.78, 5) is 97.8. The van der Waals surface area contributed by atoms with Gasteiger partial charge in [0.1, 0.15) is 58.6 Å². The molecule has 0 spiro atoms. The van der Waals surface area contributed by atoms with E-state index >= 15 is 0 Å². The molecule has 4 aromatic rings. The van der Waals surface area contributed by atoms with E-state index in [9.17, 15) is 65.2 Å². The van der Waals surface area contributed by atoms with Gasteiger partial charge in [0.05, 0.1) is 33.4 Å². The Morgan fingerprint density at radius 2 is 1.13 bits per heavy atom. The Morgan fingerprint density at radius 3 is 1.51 bits per heavy atom. The van der Waals surface area contributed by atoms with Crippen LogP contribution in [-0.4, -0.2) is 150 Å². The lowest BCUT2D eigenvalue weighted by Crippen LogP contribution is -2.53. The van der Waals surface area contributed by atoms with Crippen molar-refractivity contribution >= 4 is 62.9 Å². The van der Waals surface area contributed by atoms with Crippen molar-refractivity contribution < 1.29 is 78.9 Å². The van der Waals surface area contributed by atoms with Gasteiger partial charge in [0.25, 0.3) is 11.8 Å². The van der Waals surface area contributed by atoms with Gasteiger partial charge in [-0.25, -0.2) is 0 Å². The van der Waals surface area contributed by atoms with Crippen LogP contribution < -0.4 is 25.8 Å². The molecule has 25 heteroatoms. The first kappa shape index (κ1) is 57.5. The first-order chi connectivity index (χ1) is 36.4. The van der Waals surface area contributed by atoms with Crippen LogP contribution in [0.1, 0.15) is 98.0 Å². The molecule has 0 unspecified atom stereocenters. The molecule has 2 aliphatic heterocycles. The predicted octanol–water partition coefficient (Wildman–Crippen LogP) is 5.95. The van der Waals surface area contributed by atoms with Gasteiger partial charge in [-0.1, -0.05) is 25.0 Å². The molecule has 4 heterocycles. The lowest BCUT2D eigenvalue weighted by atomic mass is 9.83. The zero-order valence-corrected chi connectivity index (χ0v) is 42.7. The number of ether oxygens (including phenoxy) is 4. The molecular formula is C52H60F6N8O11. The Labute approximate surface area is 437 Å². The third-order valence-corrected chi connectivity index (χ3v) is 15.3. The molecule has 8 atom stereocenters. The van der Waals surface area contributed by atoms with Crippen LogP contribution >= 0.6 is 0 Å². The number of methoxy groups -OCH3 is 4. The summed E-state index contributed by atoms with van der Waals surface area (Å²) in [5, 5.41) is 15.6. The average Bonchev–Trinajstić information content (AvgIpc) is 4.23. The van der Waals surface area contributed by atoms with Crippen LogP contribution in [0.4, 0.5) is 26.3 Å². The fourth-order valence-electron chi connectivity index (χ4n) is 10.8. The van der Waals surface area contributed by atoms with E-state index in [1.54, 1.807) is 36.4 Å². The number of carbonyl (C=O) groups is 7. The molecule has 77 heavy (non-hydrogen) atoms. The molecule has 416 valence electrons. The molecule has 19 nitrogen and oxygen atoms in total. The highest BCUT2D eigenvalue weighted by atomic mass is 19.4. The minimum Gasteiger partial charge on any atom is -0.496 e. The summed E-state index contributed by atoms with van der Waals surface area (Å²) in [7, 11) is 4.64. The molecule has 2 aromatic heterocycles. The molecule has 2 saturated carbocycles. The van der Waals surface area contributed by atoms with Crippen LogP contribution in [0.25, 0.3) is 21.8 Å². The van der Waals surface area contributed by atoms with Crippen LogP contribution in [0.2, 0.25) is 0 Å². The van der Waals surface area contributed by atoms with Crippen molar-refractivity contribution in [2.45, 2.75) is 125 Å².